The number of piperidine rings is 1. The molecule has 4 aromatic rings. The zero-order valence-corrected chi connectivity index (χ0v) is 21.6. The van der Waals surface area contributed by atoms with Crippen LogP contribution in [0.2, 0.25) is 0 Å². The fourth-order valence-electron chi connectivity index (χ4n) is 4.69. The van der Waals surface area contributed by atoms with Gasteiger partial charge in [-0.05, 0) is 30.3 Å². The van der Waals surface area contributed by atoms with Crippen molar-refractivity contribution >= 4 is 17.3 Å². The van der Waals surface area contributed by atoms with E-state index in [9.17, 15) is 23.6 Å². The molecule has 3 aromatic carbocycles. The minimum atomic E-state index is -0.753. The summed E-state index contributed by atoms with van der Waals surface area (Å²) in [5, 5.41) is 12.2. The minimum absolute atomic E-state index is 0.000326. The van der Waals surface area contributed by atoms with Gasteiger partial charge in [-0.25, -0.2) is 13.8 Å². The molecular weight excluding hydrogens is 516 g/mol. The normalized spacial score (nSPS) is 13.5. The quantitative estimate of drug-likeness (QED) is 0.373. The van der Waals surface area contributed by atoms with E-state index in [1.54, 1.807) is 25.2 Å². The highest BCUT2D eigenvalue weighted by atomic mass is 19.1. The zero-order valence-electron chi connectivity index (χ0n) is 21.6. The highest BCUT2D eigenvalue weighted by molar-refractivity contribution is 6.05. The lowest BCUT2D eigenvalue weighted by Gasteiger charge is -2.34. The van der Waals surface area contributed by atoms with Crippen LogP contribution in [-0.4, -0.2) is 34.7 Å². The van der Waals surface area contributed by atoms with Gasteiger partial charge in [0.1, 0.15) is 23.3 Å². The molecule has 10 heteroatoms. The summed E-state index contributed by atoms with van der Waals surface area (Å²) in [6.45, 7) is 1.05. The van der Waals surface area contributed by atoms with E-state index in [0.29, 0.717) is 48.7 Å². The summed E-state index contributed by atoms with van der Waals surface area (Å²) in [5.74, 6) is -1.64. The Morgan fingerprint density at radius 2 is 1.82 bits per heavy atom. The van der Waals surface area contributed by atoms with Crippen molar-refractivity contribution in [3.8, 4) is 23.2 Å². The standard InChI is InChI=1S/C30H25F2N5O3/c1-36-28(20-5-3-2-4-6-20)34-18-23(30(36)39)29(38)35-25-15-19(17-33)7-9-26(25)37-13-11-22(12-14-37)40-27-10-8-21(31)16-24(27)32/h2-10,15-16,18,22H,11-14H2,1H3,(H,35,38). The van der Waals surface area contributed by atoms with E-state index in [0.717, 1.165) is 17.7 Å². The molecule has 1 saturated heterocycles. The lowest BCUT2D eigenvalue weighted by atomic mass is 10.1. The number of nitrogens with zero attached hydrogens (tertiary/aromatic N) is 4. The van der Waals surface area contributed by atoms with Crippen LogP contribution in [0.4, 0.5) is 20.2 Å². The Morgan fingerprint density at radius 3 is 2.52 bits per heavy atom. The number of halogens is 2. The third kappa shape index (κ3) is 5.54. The molecule has 2 heterocycles. The first kappa shape index (κ1) is 26.6. The first-order chi connectivity index (χ1) is 19.3. The van der Waals surface area contributed by atoms with Gasteiger partial charge < -0.3 is 15.0 Å². The fraction of sp³-hybridized carbons (Fsp3) is 0.200. The van der Waals surface area contributed by atoms with Crippen molar-refractivity contribution in [3.05, 3.63) is 106 Å². The van der Waals surface area contributed by atoms with Gasteiger partial charge in [0.2, 0.25) is 0 Å². The largest absolute Gasteiger partial charge is 0.487 e. The van der Waals surface area contributed by atoms with E-state index in [-0.39, 0.29) is 17.4 Å². The van der Waals surface area contributed by atoms with Crippen molar-refractivity contribution in [2.75, 3.05) is 23.3 Å². The number of aromatic nitrogens is 2. The first-order valence-electron chi connectivity index (χ1n) is 12.7. The number of amides is 1. The van der Waals surface area contributed by atoms with Gasteiger partial charge in [0.05, 0.1) is 23.0 Å². The molecule has 1 aliphatic heterocycles. The topological polar surface area (TPSA) is 100 Å². The van der Waals surface area contributed by atoms with Crippen LogP contribution < -0.4 is 20.5 Å². The molecular formula is C30H25F2N5O3. The predicted molar refractivity (Wildman–Crippen MR) is 146 cm³/mol. The summed E-state index contributed by atoms with van der Waals surface area (Å²) >= 11 is 0. The maximum Gasteiger partial charge on any atom is 0.266 e. The molecule has 1 N–H and O–H groups in total. The smallest absolute Gasteiger partial charge is 0.266 e. The molecule has 0 saturated carbocycles. The molecule has 1 aromatic heterocycles. The van der Waals surface area contributed by atoms with E-state index < -0.39 is 23.1 Å². The molecule has 0 unspecified atom stereocenters. The Kier molecular flexibility index (Phi) is 7.55. The molecule has 0 spiro atoms. The van der Waals surface area contributed by atoms with Crippen LogP contribution in [0.1, 0.15) is 28.8 Å². The SMILES string of the molecule is Cn1c(-c2ccccc2)ncc(C(=O)Nc2cc(C#N)ccc2N2CCC(Oc3ccc(F)cc3F)CC2)c1=O. The van der Waals surface area contributed by atoms with Crippen LogP contribution >= 0.6 is 0 Å². The minimum Gasteiger partial charge on any atom is -0.487 e. The van der Waals surface area contributed by atoms with Crippen molar-refractivity contribution in [2.45, 2.75) is 18.9 Å². The average Bonchev–Trinajstić information content (AvgIpc) is 2.96. The van der Waals surface area contributed by atoms with E-state index in [1.807, 2.05) is 35.2 Å². The highest BCUT2D eigenvalue weighted by Gasteiger charge is 2.25. The number of hydrogen-bond acceptors (Lipinski definition) is 6. The van der Waals surface area contributed by atoms with E-state index >= 15 is 0 Å². The van der Waals surface area contributed by atoms with Crippen molar-refractivity contribution in [3.63, 3.8) is 0 Å². The molecule has 0 atom stereocenters. The van der Waals surface area contributed by atoms with Crippen LogP contribution in [0.5, 0.6) is 5.75 Å². The number of nitriles is 1. The second kappa shape index (κ2) is 11.4. The number of hydrogen-bond donors (Lipinski definition) is 1. The van der Waals surface area contributed by atoms with Gasteiger partial charge in [-0.3, -0.25) is 14.2 Å². The Balaban J connectivity index is 1.34. The number of carbonyl (C=O) groups excluding carboxylic acids is 1. The van der Waals surface area contributed by atoms with Crippen molar-refractivity contribution in [2.24, 2.45) is 7.05 Å². The van der Waals surface area contributed by atoms with E-state index in [4.69, 9.17) is 4.74 Å². The van der Waals surface area contributed by atoms with Gasteiger partial charge >= 0.3 is 0 Å². The monoisotopic (exact) mass is 541 g/mol. The third-order valence-electron chi connectivity index (χ3n) is 6.79. The van der Waals surface area contributed by atoms with Gasteiger partial charge in [-0.2, -0.15) is 5.26 Å². The second-order valence-electron chi connectivity index (χ2n) is 9.40. The summed E-state index contributed by atoms with van der Waals surface area (Å²) in [6, 6.07) is 19.4. The van der Waals surface area contributed by atoms with Crippen LogP contribution in [0.15, 0.2) is 77.7 Å². The van der Waals surface area contributed by atoms with Gasteiger partial charge in [0.15, 0.2) is 11.6 Å². The Hall–Kier alpha value is -5.04. The van der Waals surface area contributed by atoms with E-state index in [2.05, 4.69) is 16.4 Å². The number of ether oxygens (including phenoxy) is 1. The van der Waals surface area contributed by atoms with Gasteiger partial charge in [-0.1, -0.05) is 30.3 Å². The number of anilines is 2. The first-order valence-corrected chi connectivity index (χ1v) is 12.7. The maximum atomic E-state index is 14.0. The highest BCUT2D eigenvalue weighted by Crippen LogP contribution is 2.31. The van der Waals surface area contributed by atoms with Crippen molar-refractivity contribution < 1.29 is 18.3 Å². The second-order valence-corrected chi connectivity index (χ2v) is 9.40. The molecule has 8 nitrogen and oxygen atoms in total. The van der Waals surface area contributed by atoms with Crippen molar-refractivity contribution in [1.29, 1.82) is 5.26 Å². The number of nitrogens with one attached hydrogen (secondary N) is 1. The molecule has 0 radical (unpaired) electrons. The number of benzene rings is 3. The summed E-state index contributed by atoms with van der Waals surface area (Å²) in [5.41, 5.74) is 1.49. The van der Waals surface area contributed by atoms with Crippen LogP contribution in [0.3, 0.4) is 0 Å². The Morgan fingerprint density at radius 1 is 1.07 bits per heavy atom. The fourth-order valence-corrected chi connectivity index (χ4v) is 4.69. The van der Waals surface area contributed by atoms with Crippen molar-refractivity contribution in [1.82, 2.24) is 9.55 Å². The van der Waals surface area contributed by atoms with Gasteiger partial charge in [-0.15, -0.1) is 0 Å². The summed E-state index contributed by atoms with van der Waals surface area (Å²) < 4.78 is 34.3. The Bertz CT molecular complexity index is 1660. The molecule has 5 rings (SSSR count). The molecule has 1 amide bonds. The summed E-state index contributed by atoms with van der Waals surface area (Å²) in [4.78, 5) is 32.7. The molecule has 0 aliphatic carbocycles. The van der Waals surface area contributed by atoms with E-state index in [1.165, 1.54) is 16.8 Å². The third-order valence-corrected chi connectivity index (χ3v) is 6.79. The van der Waals surface area contributed by atoms with Gasteiger partial charge in [0, 0.05) is 50.8 Å². The van der Waals surface area contributed by atoms with Crippen LogP contribution in [0, 0.1) is 23.0 Å². The molecule has 1 aliphatic rings. The maximum absolute atomic E-state index is 14.0. The predicted octanol–water partition coefficient (Wildman–Crippen LogP) is 4.90. The molecule has 0 bridgehead atoms. The van der Waals surface area contributed by atoms with Gasteiger partial charge in [0.25, 0.3) is 11.5 Å². The lowest BCUT2D eigenvalue weighted by Crippen LogP contribution is -2.39. The molecule has 40 heavy (non-hydrogen) atoms. The zero-order chi connectivity index (χ0) is 28.2. The molecule has 202 valence electrons. The molecule has 1 fully saturated rings. The van der Waals surface area contributed by atoms with Crippen LogP contribution in [-0.2, 0) is 7.05 Å². The van der Waals surface area contributed by atoms with Crippen LogP contribution in [0.25, 0.3) is 11.4 Å². The average molecular weight is 542 g/mol. The summed E-state index contributed by atoms with van der Waals surface area (Å²) in [7, 11) is 1.56. The number of rotatable bonds is 6. The summed E-state index contributed by atoms with van der Waals surface area (Å²) in [6.07, 6.45) is 2.08. The number of carbonyl (C=O) groups is 1. The lowest BCUT2D eigenvalue weighted by molar-refractivity contribution is 0.102. The Labute approximate surface area is 229 Å².